The molecule has 0 bridgehead atoms. The van der Waals surface area contributed by atoms with Crippen molar-refractivity contribution in [2.75, 3.05) is 6.54 Å². The van der Waals surface area contributed by atoms with E-state index < -0.39 is 0 Å². The highest BCUT2D eigenvalue weighted by atomic mass is 32.1. The van der Waals surface area contributed by atoms with E-state index in [9.17, 15) is 4.79 Å². The van der Waals surface area contributed by atoms with Crippen molar-refractivity contribution in [3.8, 4) is 11.3 Å². The predicted molar refractivity (Wildman–Crippen MR) is 88.9 cm³/mol. The molecule has 0 atom stereocenters. The molecule has 0 aliphatic rings. The Morgan fingerprint density at radius 1 is 1.05 bits per heavy atom. The van der Waals surface area contributed by atoms with Gasteiger partial charge in [-0.25, -0.2) is 4.98 Å². The smallest absolute Gasteiger partial charge is 0.263 e. The van der Waals surface area contributed by atoms with Crippen LogP contribution in [0.15, 0.2) is 60.7 Å². The maximum atomic E-state index is 12.3. The lowest BCUT2D eigenvalue weighted by Gasteiger charge is -2.05. The Morgan fingerprint density at radius 2 is 1.73 bits per heavy atom. The molecule has 22 heavy (non-hydrogen) atoms. The second kappa shape index (κ2) is 7.00. The minimum atomic E-state index is -0.0893. The van der Waals surface area contributed by atoms with E-state index in [2.05, 4.69) is 27.9 Å². The topological polar surface area (TPSA) is 42.0 Å². The number of thiazole rings is 1. The zero-order valence-electron chi connectivity index (χ0n) is 12.0. The monoisotopic (exact) mass is 307 g/mol. The van der Waals surface area contributed by atoms with Crippen molar-refractivity contribution in [2.24, 2.45) is 0 Å². The fraction of sp³-hybridized carbons (Fsp3) is 0.111. The summed E-state index contributed by atoms with van der Waals surface area (Å²) in [6, 6.07) is 19.8. The van der Waals surface area contributed by atoms with Crippen LogP contribution in [0.1, 0.15) is 15.2 Å². The van der Waals surface area contributed by atoms with Crippen LogP contribution in [-0.4, -0.2) is 17.4 Å². The molecule has 3 aromatic rings. The van der Waals surface area contributed by atoms with Gasteiger partial charge in [-0.1, -0.05) is 60.7 Å². The van der Waals surface area contributed by atoms with E-state index >= 15 is 0 Å². The fourth-order valence-corrected chi connectivity index (χ4v) is 2.86. The largest absolute Gasteiger partial charge is 0.351 e. The Hall–Kier alpha value is -2.46. The van der Waals surface area contributed by atoms with Crippen molar-refractivity contribution in [3.05, 3.63) is 76.6 Å². The third kappa shape index (κ3) is 3.40. The van der Waals surface area contributed by atoms with E-state index in [1.807, 2.05) is 48.5 Å². The number of hydrogen-bond donors (Lipinski definition) is 1. The van der Waals surface area contributed by atoms with Gasteiger partial charge < -0.3 is 5.32 Å². The van der Waals surface area contributed by atoms with Crippen molar-refractivity contribution in [2.45, 2.75) is 6.42 Å². The lowest BCUT2D eigenvalue weighted by Crippen LogP contribution is -2.25. The molecule has 1 aromatic heterocycles. The average molecular weight is 307 g/mol. The summed E-state index contributed by atoms with van der Waals surface area (Å²) >= 11 is 1.25. The first kappa shape index (κ1) is 14.5. The summed E-state index contributed by atoms with van der Waals surface area (Å²) in [5, 5.41) is 2.96. The Labute approximate surface area is 133 Å². The van der Waals surface area contributed by atoms with Gasteiger partial charge >= 0.3 is 0 Å². The first-order valence-electron chi connectivity index (χ1n) is 7.09. The van der Waals surface area contributed by atoms with Crippen molar-refractivity contribution in [1.82, 2.24) is 10.3 Å². The Kier molecular flexibility index (Phi) is 4.61. The quantitative estimate of drug-likeness (QED) is 0.783. The third-order valence-electron chi connectivity index (χ3n) is 3.32. The van der Waals surface area contributed by atoms with Crippen LogP contribution >= 0.6 is 11.3 Å². The Morgan fingerprint density at radius 3 is 2.45 bits per heavy atom. The number of aromatic nitrogens is 1. The zero-order chi connectivity index (χ0) is 15.2. The highest BCUT2D eigenvalue weighted by molar-refractivity contribution is 7.11. The summed E-state index contributed by atoms with van der Waals surface area (Å²) in [7, 11) is 0. The van der Waals surface area contributed by atoms with Crippen LogP contribution in [0.3, 0.4) is 0 Å². The summed E-state index contributed by atoms with van der Waals surface area (Å²) in [6.45, 7) is 0.606. The molecule has 0 aliphatic heterocycles. The highest BCUT2D eigenvalue weighted by Crippen LogP contribution is 2.24. The van der Waals surface area contributed by atoms with Crippen molar-refractivity contribution in [3.63, 3.8) is 0 Å². The number of benzene rings is 2. The molecule has 0 spiro atoms. The van der Waals surface area contributed by atoms with Crippen molar-refractivity contribution >= 4 is 17.2 Å². The Bertz CT molecular complexity index is 738. The molecule has 2 aromatic carbocycles. The number of nitrogens with zero attached hydrogens (tertiary/aromatic N) is 1. The normalized spacial score (nSPS) is 10.4. The minimum absolute atomic E-state index is 0.0893. The van der Waals surface area contributed by atoms with Crippen molar-refractivity contribution < 1.29 is 4.79 Å². The lowest BCUT2D eigenvalue weighted by molar-refractivity contribution is 0.0958. The van der Waals surface area contributed by atoms with Gasteiger partial charge in [0, 0.05) is 12.1 Å². The predicted octanol–water partition coefficient (Wildman–Crippen LogP) is 3.58. The van der Waals surface area contributed by atoms with Gasteiger partial charge in [0.25, 0.3) is 5.91 Å². The van der Waals surface area contributed by atoms with Gasteiger partial charge in [0.1, 0.15) is 4.88 Å². The molecule has 1 radical (unpaired) electrons. The minimum Gasteiger partial charge on any atom is -0.351 e. The SMILES string of the molecule is O=C(NCCc1ccccc1)c1s[c]nc1-c1ccccc1. The van der Waals surface area contributed by atoms with Gasteiger partial charge in [-0.15, -0.1) is 11.3 Å². The summed E-state index contributed by atoms with van der Waals surface area (Å²) in [5.41, 5.74) is 5.66. The first-order chi connectivity index (χ1) is 10.8. The Balaban J connectivity index is 1.65. The molecule has 1 N–H and O–H groups in total. The summed E-state index contributed by atoms with van der Waals surface area (Å²) in [4.78, 5) is 17.1. The van der Waals surface area contributed by atoms with E-state index in [1.54, 1.807) is 0 Å². The number of nitrogens with one attached hydrogen (secondary N) is 1. The maximum Gasteiger partial charge on any atom is 0.263 e. The zero-order valence-corrected chi connectivity index (χ0v) is 12.8. The second-order valence-electron chi connectivity index (χ2n) is 4.84. The molecule has 0 saturated heterocycles. The summed E-state index contributed by atoms with van der Waals surface area (Å²) < 4.78 is 0. The van der Waals surface area contributed by atoms with E-state index in [1.165, 1.54) is 16.9 Å². The number of amides is 1. The van der Waals surface area contributed by atoms with Gasteiger partial charge in [0.15, 0.2) is 5.51 Å². The molecule has 0 saturated carbocycles. The van der Waals surface area contributed by atoms with Gasteiger partial charge in [0.05, 0.1) is 5.69 Å². The van der Waals surface area contributed by atoms with Crippen molar-refractivity contribution in [1.29, 1.82) is 0 Å². The van der Waals surface area contributed by atoms with Gasteiger partial charge in [-0.3, -0.25) is 4.79 Å². The standard InChI is InChI=1S/C18H15N2OS/c21-18(19-12-11-14-7-3-1-4-8-14)17-16(20-13-22-17)15-9-5-2-6-10-15/h1-10H,11-12H2,(H,19,21). The third-order valence-corrected chi connectivity index (χ3v) is 4.08. The molecule has 0 aliphatic carbocycles. The molecule has 0 unspecified atom stereocenters. The van der Waals surface area contributed by atoms with Gasteiger partial charge in [-0.05, 0) is 12.0 Å². The first-order valence-corrected chi connectivity index (χ1v) is 7.90. The molecule has 1 amide bonds. The highest BCUT2D eigenvalue weighted by Gasteiger charge is 2.15. The molecule has 109 valence electrons. The van der Waals surface area contributed by atoms with E-state index in [0.29, 0.717) is 17.1 Å². The van der Waals surface area contributed by atoms with Crippen LogP contribution in [0.5, 0.6) is 0 Å². The summed E-state index contributed by atoms with van der Waals surface area (Å²) in [5.74, 6) is -0.0893. The van der Waals surface area contributed by atoms with Crippen LogP contribution in [-0.2, 0) is 6.42 Å². The molecule has 1 heterocycles. The average Bonchev–Trinajstić information content (AvgIpc) is 3.06. The second-order valence-corrected chi connectivity index (χ2v) is 5.64. The number of rotatable bonds is 5. The van der Waals surface area contributed by atoms with Crippen LogP contribution in [0.2, 0.25) is 0 Å². The number of carbonyl (C=O) groups excluding carboxylic acids is 1. The van der Waals surface area contributed by atoms with Crippen LogP contribution < -0.4 is 5.32 Å². The van der Waals surface area contributed by atoms with Crippen LogP contribution in [0.4, 0.5) is 0 Å². The van der Waals surface area contributed by atoms with Gasteiger partial charge in [0.2, 0.25) is 0 Å². The maximum absolute atomic E-state index is 12.3. The number of carbonyl (C=O) groups is 1. The van der Waals surface area contributed by atoms with E-state index in [0.717, 1.165) is 12.0 Å². The molecule has 3 rings (SSSR count). The summed E-state index contributed by atoms with van der Waals surface area (Å²) in [6.07, 6.45) is 0.815. The lowest BCUT2D eigenvalue weighted by atomic mass is 10.1. The molecular weight excluding hydrogens is 292 g/mol. The van der Waals surface area contributed by atoms with E-state index in [4.69, 9.17) is 0 Å². The molecular formula is C18H15N2OS. The van der Waals surface area contributed by atoms with E-state index in [-0.39, 0.29) is 5.91 Å². The molecule has 0 fully saturated rings. The fourth-order valence-electron chi connectivity index (χ4n) is 2.20. The number of hydrogen-bond acceptors (Lipinski definition) is 3. The molecule has 3 nitrogen and oxygen atoms in total. The van der Waals surface area contributed by atoms with Gasteiger partial charge in [-0.2, -0.15) is 0 Å². The molecule has 4 heteroatoms. The van der Waals surface area contributed by atoms with Crippen LogP contribution in [0, 0.1) is 5.51 Å². The van der Waals surface area contributed by atoms with Crippen LogP contribution in [0.25, 0.3) is 11.3 Å².